The molecule has 2 aromatic carbocycles. The number of nitrogens with zero attached hydrogens (tertiary/aromatic N) is 3. The van der Waals surface area contributed by atoms with Gasteiger partial charge in [0, 0.05) is 24.8 Å². The van der Waals surface area contributed by atoms with Gasteiger partial charge in [-0.15, -0.1) is 5.10 Å². The van der Waals surface area contributed by atoms with Crippen molar-refractivity contribution < 1.29 is 9.18 Å². The summed E-state index contributed by atoms with van der Waals surface area (Å²) in [6.07, 6.45) is 1.65. The van der Waals surface area contributed by atoms with E-state index in [9.17, 15) is 14.0 Å². The first-order chi connectivity index (χ1) is 14.9. The highest BCUT2D eigenvalue weighted by Crippen LogP contribution is 2.24. The van der Waals surface area contributed by atoms with Crippen LogP contribution < -0.4 is 15.8 Å². The first kappa shape index (κ1) is 20.8. The number of benzene rings is 2. The Kier molecular flexibility index (Phi) is 5.84. The van der Waals surface area contributed by atoms with Crippen LogP contribution in [0.2, 0.25) is 0 Å². The molecule has 1 atom stereocenters. The minimum atomic E-state index is -0.373. The highest BCUT2D eigenvalue weighted by Gasteiger charge is 2.27. The molecule has 1 saturated heterocycles. The van der Waals surface area contributed by atoms with Crippen molar-refractivity contribution in [2.24, 2.45) is 5.92 Å². The Hall–Kier alpha value is -3.48. The SMILES string of the molecule is Cc1ccc(C)c(NC(=O)C2CCCN(c3ccc(=O)n(-c4ccc(F)cc4)n3)C2)c1. The van der Waals surface area contributed by atoms with E-state index in [4.69, 9.17) is 0 Å². The van der Waals surface area contributed by atoms with Crippen molar-refractivity contribution in [3.8, 4) is 5.69 Å². The van der Waals surface area contributed by atoms with Crippen LogP contribution in [0.3, 0.4) is 0 Å². The van der Waals surface area contributed by atoms with Crippen molar-refractivity contribution >= 4 is 17.4 Å². The van der Waals surface area contributed by atoms with Gasteiger partial charge in [-0.1, -0.05) is 12.1 Å². The van der Waals surface area contributed by atoms with Crippen LogP contribution in [0, 0.1) is 25.6 Å². The lowest BCUT2D eigenvalue weighted by molar-refractivity contribution is -0.120. The Bertz CT molecular complexity index is 1160. The smallest absolute Gasteiger partial charge is 0.271 e. The van der Waals surface area contributed by atoms with Crippen molar-refractivity contribution in [3.63, 3.8) is 0 Å². The number of hydrogen-bond donors (Lipinski definition) is 1. The molecular formula is C24H25FN4O2. The number of carbonyl (C=O) groups is 1. The molecule has 0 spiro atoms. The van der Waals surface area contributed by atoms with E-state index in [2.05, 4.69) is 10.4 Å². The van der Waals surface area contributed by atoms with Gasteiger partial charge >= 0.3 is 0 Å². The molecular weight excluding hydrogens is 395 g/mol. The van der Waals surface area contributed by atoms with Crippen LogP contribution in [0.15, 0.2) is 59.4 Å². The lowest BCUT2D eigenvalue weighted by atomic mass is 9.96. The highest BCUT2D eigenvalue weighted by atomic mass is 19.1. The molecule has 4 rings (SSSR count). The number of nitrogens with one attached hydrogen (secondary N) is 1. The zero-order valence-corrected chi connectivity index (χ0v) is 17.6. The molecule has 160 valence electrons. The zero-order valence-electron chi connectivity index (χ0n) is 17.6. The molecule has 1 aromatic heterocycles. The quantitative estimate of drug-likeness (QED) is 0.696. The summed E-state index contributed by atoms with van der Waals surface area (Å²) in [5, 5.41) is 7.54. The van der Waals surface area contributed by atoms with Crippen LogP contribution in [0.5, 0.6) is 0 Å². The minimum Gasteiger partial charge on any atom is -0.354 e. The van der Waals surface area contributed by atoms with Gasteiger partial charge in [-0.2, -0.15) is 4.68 Å². The predicted molar refractivity (Wildman–Crippen MR) is 119 cm³/mol. The number of amides is 1. The summed E-state index contributed by atoms with van der Waals surface area (Å²) >= 11 is 0. The summed E-state index contributed by atoms with van der Waals surface area (Å²) in [7, 11) is 0. The Balaban J connectivity index is 1.52. The van der Waals surface area contributed by atoms with Crippen molar-refractivity contribution in [2.45, 2.75) is 26.7 Å². The highest BCUT2D eigenvalue weighted by molar-refractivity contribution is 5.93. The molecule has 31 heavy (non-hydrogen) atoms. The fourth-order valence-corrected chi connectivity index (χ4v) is 3.84. The van der Waals surface area contributed by atoms with Gasteiger partial charge in [0.25, 0.3) is 5.56 Å². The second-order valence-electron chi connectivity index (χ2n) is 8.01. The Morgan fingerprint density at radius 3 is 2.65 bits per heavy atom. The molecule has 0 bridgehead atoms. The van der Waals surface area contributed by atoms with Crippen molar-refractivity contribution in [2.75, 3.05) is 23.3 Å². The third kappa shape index (κ3) is 4.66. The predicted octanol–water partition coefficient (Wildman–Crippen LogP) is 3.84. The first-order valence-electron chi connectivity index (χ1n) is 10.4. The van der Waals surface area contributed by atoms with E-state index in [-0.39, 0.29) is 23.2 Å². The number of hydrogen-bond acceptors (Lipinski definition) is 4. The van der Waals surface area contributed by atoms with Crippen molar-refractivity contribution in [1.82, 2.24) is 9.78 Å². The molecule has 1 amide bonds. The molecule has 2 heterocycles. The lowest BCUT2D eigenvalue weighted by Gasteiger charge is -2.33. The number of rotatable bonds is 4. The third-order valence-electron chi connectivity index (χ3n) is 5.62. The van der Waals surface area contributed by atoms with E-state index in [1.54, 1.807) is 6.07 Å². The van der Waals surface area contributed by atoms with E-state index < -0.39 is 0 Å². The number of aromatic nitrogens is 2. The molecule has 1 fully saturated rings. The lowest BCUT2D eigenvalue weighted by Crippen LogP contribution is -2.41. The number of anilines is 2. The number of carbonyl (C=O) groups excluding carboxylic acids is 1. The molecule has 6 nitrogen and oxygen atoms in total. The first-order valence-corrected chi connectivity index (χ1v) is 10.4. The van der Waals surface area contributed by atoms with Crippen LogP contribution in [-0.2, 0) is 4.79 Å². The summed E-state index contributed by atoms with van der Waals surface area (Å²) in [6, 6.07) is 14.8. The zero-order chi connectivity index (χ0) is 22.0. The minimum absolute atomic E-state index is 0.00902. The van der Waals surface area contributed by atoms with Gasteiger partial charge in [-0.3, -0.25) is 9.59 Å². The van der Waals surface area contributed by atoms with Gasteiger partial charge in [0.1, 0.15) is 11.6 Å². The molecule has 0 radical (unpaired) electrons. The Labute approximate surface area is 180 Å². The molecule has 1 aliphatic rings. The van der Waals surface area contributed by atoms with Gasteiger partial charge in [-0.25, -0.2) is 4.39 Å². The van der Waals surface area contributed by atoms with Gasteiger partial charge in [0.05, 0.1) is 11.6 Å². The van der Waals surface area contributed by atoms with E-state index in [0.29, 0.717) is 18.1 Å². The molecule has 1 N–H and O–H groups in total. The second kappa shape index (κ2) is 8.71. The van der Waals surface area contributed by atoms with Crippen LogP contribution in [0.4, 0.5) is 15.9 Å². The van der Waals surface area contributed by atoms with Crippen LogP contribution >= 0.6 is 0 Å². The summed E-state index contributed by atoms with van der Waals surface area (Å²) < 4.78 is 14.5. The van der Waals surface area contributed by atoms with Gasteiger partial charge in [-0.05, 0) is 74.2 Å². The normalized spacial score (nSPS) is 16.2. The third-order valence-corrected chi connectivity index (χ3v) is 5.62. The molecule has 1 unspecified atom stereocenters. The maximum Gasteiger partial charge on any atom is 0.271 e. The Morgan fingerprint density at radius 1 is 1.10 bits per heavy atom. The van der Waals surface area contributed by atoms with Gasteiger partial charge in [0.2, 0.25) is 5.91 Å². The number of aryl methyl sites for hydroxylation is 2. The number of halogens is 1. The van der Waals surface area contributed by atoms with Crippen molar-refractivity contribution in [3.05, 3.63) is 81.9 Å². The van der Waals surface area contributed by atoms with Crippen LogP contribution in [0.1, 0.15) is 24.0 Å². The fraction of sp³-hybridized carbons (Fsp3) is 0.292. The Morgan fingerprint density at radius 2 is 1.87 bits per heavy atom. The molecule has 1 aliphatic heterocycles. The van der Waals surface area contributed by atoms with Crippen molar-refractivity contribution in [1.29, 1.82) is 0 Å². The topological polar surface area (TPSA) is 67.2 Å². The standard InChI is InChI=1S/C24H25FN4O2/c1-16-5-6-17(2)21(14-16)26-24(31)18-4-3-13-28(15-18)22-11-12-23(30)29(27-22)20-9-7-19(25)8-10-20/h5-12,14,18H,3-4,13,15H2,1-2H3,(H,26,31). The summed E-state index contributed by atoms with van der Waals surface area (Å²) in [5.74, 6) is 0.0572. The van der Waals surface area contributed by atoms with E-state index in [1.807, 2.05) is 36.9 Å². The van der Waals surface area contributed by atoms with Gasteiger partial charge in [0.15, 0.2) is 0 Å². The average Bonchev–Trinajstić information content (AvgIpc) is 2.77. The molecule has 7 heteroatoms. The maximum absolute atomic E-state index is 13.2. The molecule has 3 aromatic rings. The maximum atomic E-state index is 13.2. The summed E-state index contributed by atoms with van der Waals surface area (Å²) in [5.41, 5.74) is 3.16. The summed E-state index contributed by atoms with van der Waals surface area (Å²) in [4.78, 5) is 27.3. The van der Waals surface area contributed by atoms with E-state index >= 15 is 0 Å². The second-order valence-corrected chi connectivity index (χ2v) is 8.01. The van der Waals surface area contributed by atoms with Crippen LogP contribution in [0.25, 0.3) is 5.69 Å². The van der Waals surface area contributed by atoms with E-state index in [1.165, 1.54) is 35.0 Å². The van der Waals surface area contributed by atoms with E-state index in [0.717, 1.165) is 36.2 Å². The monoisotopic (exact) mass is 420 g/mol. The average molecular weight is 420 g/mol. The summed E-state index contributed by atoms with van der Waals surface area (Å²) in [6.45, 7) is 5.25. The number of piperidine rings is 1. The largest absolute Gasteiger partial charge is 0.354 e. The molecule has 0 saturated carbocycles. The van der Waals surface area contributed by atoms with Gasteiger partial charge < -0.3 is 10.2 Å². The fourth-order valence-electron chi connectivity index (χ4n) is 3.84. The van der Waals surface area contributed by atoms with Crippen LogP contribution in [-0.4, -0.2) is 28.8 Å². The molecule has 0 aliphatic carbocycles.